The van der Waals surface area contributed by atoms with Crippen molar-refractivity contribution in [3.05, 3.63) is 11.9 Å². The number of hydrogen-bond donors (Lipinski definition) is 2. The van der Waals surface area contributed by atoms with Crippen LogP contribution >= 0.6 is 0 Å². The van der Waals surface area contributed by atoms with Crippen LogP contribution in [0.2, 0.25) is 0 Å². The van der Waals surface area contributed by atoms with Crippen LogP contribution in [0.15, 0.2) is 6.07 Å². The molecule has 0 bridgehead atoms. The third kappa shape index (κ3) is 6.93. The SMILES string of the molecule is CNc1cc(NCCCCOCCOC)nc(C)n1. The van der Waals surface area contributed by atoms with Crippen LogP contribution in [0.5, 0.6) is 0 Å². The van der Waals surface area contributed by atoms with Gasteiger partial charge in [-0.2, -0.15) is 0 Å². The smallest absolute Gasteiger partial charge is 0.131 e. The Labute approximate surface area is 114 Å². The molecule has 0 radical (unpaired) electrons. The molecule has 108 valence electrons. The summed E-state index contributed by atoms with van der Waals surface area (Å²) in [4.78, 5) is 8.57. The minimum absolute atomic E-state index is 0.658. The van der Waals surface area contributed by atoms with Crippen LogP contribution in [-0.4, -0.2) is 50.5 Å². The fourth-order valence-corrected chi connectivity index (χ4v) is 1.58. The van der Waals surface area contributed by atoms with Crippen LogP contribution in [0.25, 0.3) is 0 Å². The molecule has 0 aromatic carbocycles. The monoisotopic (exact) mass is 268 g/mol. The number of nitrogens with one attached hydrogen (secondary N) is 2. The fourth-order valence-electron chi connectivity index (χ4n) is 1.58. The minimum Gasteiger partial charge on any atom is -0.382 e. The number of methoxy groups -OCH3 is 1. The van der Waals surface area contributed by atoms with Gasteiger partial charge in [-0.05, 0) is 19.8 Å². The summed E-state index contributed by atoms with van der Waals surface area (Å²) >= 11 is 0. The summed E-state index contributed by atoms with van der Waals surface area (Å²) in [5, 5.41) is 6.31. The molecule has 0 unspecified atom stereocenters. The molecule has 6 heteroatoms. The Morgan fingerprint density at radius 2 is 1.89 bits per heavy atom. The number of rotatable bonds is 10. The molecule has 0 aliphatic heterocycles. The summed E-state index contributed by atoms with van der Waals surface area (Å²) in [6, 6.07) is 1.90. The quantitative estimate of drug-likeness (QED) is 0.629. The van der Waals surface area contributed by atoms with E-state index < -0.39 is 0 Å². The normalized spacial score (nSPS) is 10.5. The van der Waals surface area contributed by atoms with Gasteiger partial charge in [0.05, 0.1) is 13.2 Å². The Kier molecular flexibility index (Phi) is 7.84. The van der Waals surface area contributed by atoms with Crippen molar-refractivity contribution < 1.29 is 9.47 Å². The van der Waals surface area contributed by atoms with E-state index >= 15 is 0 Å². The van der Waals surface area contributed by atoms with Crippen LogP contribution in [-0.2, 0) is 9.47 Å². The number of unbranched alkanes of at least 4 members (excludes halogenated alkanes) is 1. The van der Waals surface area contributed by atoms with E-state index in [0.29, 0.717) is 13.2 Å². The highest BCUT2D eigenvalue weighted by Gasteiger charge is 1.99. The molecule has 0 atom stereocenters. The Hall–Kier alpha value is -1.40. The van der Waals surface area contributed by atoms with Gasteiger partial charge in [0, 0.05) is 33.4 Å². The van der Waals surface area contributed by atoms with Crippen molar-refractivity contribution in [2.75, 3.05) is 51.2 Å². The van der Waals surface area contributed by atoms with Crippen molar-refractivity contribution >= 4 is 11.6 Å². The molecule has 0 saturated heterocycles. The first-order valence-corrected chi connectivity index (χ1v) is 6.60. The Bertz CT molecular complexity index is 360. The van der Waals surface area contributed by atoms with Crippen LogP contribution in [0, 0.1) is 6.92 Å². The molecular weight excluding hydrogens is 244 g/mol. The second-order valence-corrected chi connectivity index (χ2v) is 4.17. The standard InChI is InChI=1S/C13H24N4O2/c1-11-16-12(14-2)10-13(17-11)15-6-4-5-7-19-9-8-18-3/h10H,4-9H2,1-3H3,(H2,14,15,16,17). The van der Waals surface area contributed by atoms with Crippen molar-refractivity contribution in [3.8, 4) is 0 Å². The molecule has 1 aromatic heterocycles. The van der Waals surface area contributed by atoms with Gasteiger partial charge in [-0.25, -0.2) is 9.97 Å². The second-order valence-electron chi connectivity index (χ2n) is 4.17. The summed E-state index contributed by atoms with van der Waals surface area (Å²) in [6.07, 6.45) is 2.07. The maximum Gasteiger partial charge on any atom is 0.131 e. The van der Waals surface area contributed by atoms with Gasteiger partial charge in [-0.3, -0.25) is 0 Å². The van der Waals surface area contributed by atoms with E-state index in [-0.39, 0.29) is 0 Å². The number of ether oxygens (including phenoxy) is 2. The molecule has 2 N–H and O–H groups in total. The zero-order valence-electron chi connectivity index (χ0n) is 12.0. The predicted octanol–water partition coefficient (Wildman–Crippen LogP) is 1.68. The van der Waals surface area contributed by atoms with Crippen molar-refractivity contribution in [1.82, 2.24) is 9.97 Å². The van der Waals surface area contributed by atoms with E-state index in [2.05, 4.69) is 20.6 Å². The molecule has 0 fully saturated rings. The van der Waals surface area contributed by atoms with E-state index in [9.17, 15) is 0 Å². The number of aromatic nitrogens is 2. The zero-order chi connectivity index (χ0) is 13.9. The Morgan fingerprint density at radius 1 is 1.11 bits per heavy atom. The maximum absolute atomic E-state index is 5.39. The minimum atomic E-state index is 0.658. The lowest BCUT2D eigenvalue weighted by Gasteiger charge is -2.08. The van der Waals surface area contributed by atoms with Gasteiger partial charge in [-0.1, -0.05) is 0 Å². The van der Waals surface area contributed by atoms with Gasteiger partial charge >= 0.3 is 0 Å². The van der Waals surface area contributed by atoms with Crippen LogP contribution in [0.3, 0.4) is 0 Å². The number of hydrogen-bond acceptors (Lipinski definition) is 6. The van der Waals surface area contributed by atoms with Crippen molar-refractivity contribution in [1.29, 1.82) is 0 Å². The maximum atomic E-state index is 5.39. The van der Waals surface area contributed by atoms with E-state index in [1.54, 1.807) is 7.11 Å². The summed E-state index contributed by atoms with van der Waals surface area (Å²) in [6.45, 7) is 4.87. The second kappa shape index (κ2) is 9.52. The van der Waals surface area contributed by atoms with E-state index in [0.717, 1.165) is 43.5 Å². The van der Waals surface area contributed by atoms with E-state index in [1.807, 2.05) is 20.0 Å². The number of anilines is 2. The lowest BCUT2D eigenvalue weighted by Crippen LogP contribution is -2.08. The lowest BCUT2D eigenvalue weighted by atomic mass is 10.3. The van der Waals surface area contributed by atoms with Crippen molar-refractivity contribution in [3.63, 3.8) is 0 Å². The molecule has 0 spiro atoms. The largest absolute Gasteiger partial charge is 0.382 e. The predicted molar refractivity (Wildman–Crippen MR) is 76.7 cm³/mol. The molecule has 1 heterocycles. The van der Waals surface area contributed by atoms with Gasteiger partial charge in [0.2, 0.25) is 0 Å². The number of nitrogens with zero attached hydrogens (tertiary/aromatic N) is 2. The fraction of sp³-hybridized carbons (Fsp3) is 0.692. The third-order valence-electron chi connectivity index (χ3n) is 2.55. The highest BCUT2D eigenvalue weighted by atomic mass is 16.5. The third-order valence-corrected chi connectivity index (χ3v) is 2.55. The molecule has 0 amide bonds. The van der Waals surface area contributed by atoms with E-state index in [4.69, 9.17) is 9.47 Å². The summed E-state index contributed by atoms with van der Waals surface area (Å²) in [5.74, 6) is 2.45. The lowest BCUT2D eigenvalue weighted by molar-refractivity contribution is 0.0691. The molecule has 1 rings (SSSR count). The molecule has 6 nitrogen and oxygen atoms in total. The van der Waals surface area contributed by atoms with Gasteiger partial charge in [0.1, 0.15) is 17.5 Å². The molecule has 19 heavy (non-hydrogen) atoms. The highest BCUT2D eigenvalue weighted by molar-refractivity contribution is 5.46. The van der Waals surface area contributed by atoms with Crippen molar-refractivity contribution in [2.45, 2.75) is 19.8 Å². The first-order valence-electron chi connectivity index (χ1n) is 6.60. The molecule has 0 aliphatic carbocycles. The summed E-state index contributed by atoms with van der Waals surface area (Å²) in [7, 11) is 3.53. The molecule has 0 saturated carbocycles. The van der Waals surface area contributed by atoms with Crippen LogP contribution < -0.4 is 10.6 Å². The first-order chi connectivity index (χ1) is 9.26. The number of aryl methyl sites for hydroxylation is 1. The highest BCUT2D eigenvalue weighted by Crippen LogP contribution is 2.10. The topological polar surface area (TPSA) is 68.3 Å². The van der Waals surface area contributed by atoms with Crippen LogP contribution in [0.1, 0.15) is 18.7 Å². The summed E-state index contributed by atoms with van der Waals surface area (Å²) < 4.78 is 10.3. The molecule has 1 aromatic rings. The average molecular weight is 268 g/mol. The zero-order valence-corrected chi connectivity index (χ0v) is 12.0. The van der Waals surface area contributed by atoms with Gasteiger partial charge in [0.15, 0.2) is 0 Å². The Morgan fingerprint density at radius 3 is 2.63 bits per heavy atom. The Balaban J connectivity index is 2.13. The van der Waals surface area contributed by atoms with Gasteiger partial charge in [-0.15, -0.1) is 0 Å². The molecular formula is C13H24N4O2. The van der Waals surface area contributed by atoms with Crippen LogP contribution in [0.4, 0.5) is 11.6 Å². The van der Waals surface area contributed by atoms with Crippen molar-refractivity contribution in [2.24, 2.45) is 0 Å². The first kappa shape index (κ1) is 15.7. The van der Waals surface area contributed by atoms with Gasteiger partial charge in [0.25, 0.3) is 0 Å². The van der Waals surface area contributed by atoms with E-state index in [1.165, 1.54) is 0 Å². The van der Waals surface area contributed by atoms with Gasteiger partial charge < -0.3 is 20.1 Å². The summed E-state index contributed by atoms with van der Waals surface area (Å²) in [5.41, 5.74) is 0. The average Bonchev–Trinajstić information content (AvgIpc) is 2.41. The molecule has 0 aliphatic rings.